The lowest BCUT2D eigenvalue weighted by Gasteiger charge is -2.24. The van der Waals surface area contributed by atoms with Crippen LogP contribution < -0.4 is 21.5 Å². The molecule has 2 aromatic carbocycles. The highest BCUT2D eigenvalue weighted by atomic mass is 19.4. The van der Waals surface area contributed by atoms with Crippen LogP contribution in [0.15, 0.2) is 47.5 Å². The zero-order valence-electron chi connectivity index (χ0n) is 18.8. The van der Waals surface area contributed by atoms with Crippen LogP contribution in [0.25, 0.3) is 0 Å². The van der Waals surface area contributed by atoms with E-state index in [-0.39, 0.29) is 23.4 Å². The molecule has 3 rings (SSSR count). The Hall–Kier alpha value is -2.98. The molecule has 6 nitrogen and oxygen atoms in total. The Morgan fingerprint density at radius 2 is 1.73 bits per heavy atom. The van der Waals surface area contributed by atoms with E-state index in [4.69, 9.17) is 0 Å². The Kier molecular flexibility index (Phi) is 7.08. The highest BCUT2D eigenvalue weighted by Gasteiger charge is 2.30. The molecule has 1 aliphatic rings. The third kappa shape index (κ3) is 6.75. The summed E-state index contributed by atoms with van der Waals surface area (Å²) in [6, 6.07) is 8.74. The number of nitrogens with one attached hydrogen (secondary N) is 4. The molecule has 0 saturated carbocycles. The number of aryl methyl sites for hydroxylation is 1. The topological polar surface area (TPSA) is 77.5 Å². The summed E-state index contributed by atoms with van der Waals surface area (Å²) < 4.78 is 51.9. The first-order valence-corrected chi connectivity index (χ1v) is 10.4. The van der Waals surface area contributed by atoms with Gasteiger partial charge in [-0.15, -0.1) is 0 Å². The molecule has 0 bridgehead atoms. The minimum atomic E-state index is -4.48. The van der Waals surface area contributed by atoms with Gasteiger partial charge in [-0.1, -0.05) is 12.1 Å². The Morgan fingerprint density at radius 3 is 2.30 bits per heavy atom. The molecule has 1 saturated heterocycles. The second kappa shape index (κ2) is 9.48. The molecule has 33 heavy (non-hydrogen) atoms. The highest BCUT2D eigenvalue weighted by Crippen LogP contribution is 2.29. The molecule has 2 aromatic rings. The zero-order chi connectivity index (χ0) is 24.4. The predicted octanol–water partition coefficient (Wildman–Crippen LogP) is 4.19. The molecule has 2 atom stereocenters. The Balaban J connectivity index is 1.74. The van der Waals surface area contributed by atoms with Crippen molar-refractivity contribution in [3.8, 4) is 0 Å². The van der Waals surface area contributed by atoms with Gasteiger partial charge in [0, 0.05) is 23.6 Å². The summed E-state index contributed by atoms with van der Waals surface area (Å²) >= 11 is 0. The first kappa shape index (κ1) is 24.7. The first-order valence-electron chi connectivity index (χ1n) is 10.4. The highest BCUT2D eigenvalue weighted by molar-refractivity contribution is 6.05. The monoisotopic (exact) mass is 465 g/mol. The van der Waals surface area contributed by atoms with E-state index in [1.54, 1.807) is 19.1 Å². The normalized spacial score (nSPS) is 19.5. The maximum Gasteiger partial charge on any atom is 0.416 e. The largest absolute Gasteiger partial charge is 0.416 e. The van der Waals surface area contributed by atoms with Crippen molar-refractivity contribution in [1.29, 1.82) is 0 Å². The van der Waals surface area contributed by atoms with Crippen LogP contribution in [0.1, 0.15) is 60.3 Å². The Labute approximate surface area is 189 Å². The molecular weight excluding hydrogens is 438 g/mol. The van der Waals surface area contributed by atoms with E-state index in [1.165, 1.54) is 6.07 Å². The maximum atomic E-state index is 13.6. The third-order valence-electron chi connectivity index (χ3n) is 4.95. The van der Waals surface area contributed by atoms with Crippen LogP contribution in [0.2, 0.25) is 0 Å². The number of hydrogen-bond donors (Lipinski definition) is 4. The minimum absolute atomic E-state index is 0.0728. The number of guanidine groups is 1. The van der Waals surface area contributed by atoms with Gasteiger partial charge < -0.3 is 5.32 Å². The SMILES string of the molecule is Cc1cc(C2CC(N=C(NC(=O)c3ccc(C(F)(F)F)cc3)NC(C)(C)C)NN2)ccc1F. The van der Waals surface area contributed by atoms with E-state index in [9.17, 15) is 22.4 Å². The number of hydrogen-bond acceptors (Lipinski definition) is 4. The van der Waals surface area contributed by atoms with Gasteiger partial charge in [0.1, 0.15) is 12.0 Å². The van der Waals surface area contributed by atoms with Gasteiger partial charge in [-0.3, -0.25) is 10.1 Å². The van der Waals surface area contributed by atoms with Gasteiger partial charge in [0.2, 0.25) is 0 Å². The molecule has 1 heterocycles. The Morgan fingerprint density at radius 1 is 1.06 bits per heavy atom. The number of carbonyl (C=O) groups is 1. The number of halogens is 4. The van der Waals surface area contributed by atoms with Crippen LogP contribution >= 0.6 is 0 Å². The average molecular weight is 465 g/mol. The predicted molar refractivity (Wildman–Crippen MR) is 118 cm³/mol. The van der Waals surface area contributed by atoms with Crippen molar-refractivity contribution < 1.29 is 22.4 Å². The van der Waals surface area contributed by atoms with Gasteiger partial charge in [0.05, 0.1) is 5.56 Å². The molecule has 1 fully saturated rings. The van der Waals surface area contributed by atoms with Crippen LogP contribution in [-0.4, -0.2) is 23.6 Å². The molecule has 1 amide bonds. The molecule has 4 N–H and O–H groups in total. The number of hydrazine groups is 1. The van der Waals surface area contributed by atoms with Gasteiger partial charge in [-0.2, -0.15) is 13.2 Å². The lowest BCUT2D eigenvalue weighted by molar-refractivity contribution is -0.137. The number of amides is 1. The van der Waals surface area contributed by atoms with Crippen LogP contribution in [0.5, 0.6) is 0 Å². The fraction of sp³-hybridized carbons (Fsp3) is 0.391. The van der Waals surface area contributed by atoms with E-state index in [0.29, 0.717) is 12.0 Å². The Bertz CT molecular complexity index is 1030. The zero-order valence-corrected chi connectivity index (χ0v) is 18.8. The smallest absolute Gasteiger partial charge is 0.351 e. The van der Waals surface area contributed by atoms with Crippen molar-refractivity contribution >= 4 is 11.9 Å². The molecule has 178 valence electrons. The molecule has 0 spiro atoms. The van der Waals surface area contributed by atoms with Crippen molar-refractivity contribution in [3.63, 3.8) is 0 Å². The van der Waals surface area contributed by atoms with E-state index in [0.717, 1.165) is 29.8 Å². The van der Waals surface area contributed by atoms with Crippen molar-refractivity contribution in [1.82, 2.24) is 21.5 Å². The summed E-state index contributed by atoms with van der Waals surface area (Å²) in [6.45, 7) is 7.35. The molecule has 0 aromatic heterocycles. The molecule has 1 aliphatic heterocycles. The van der Waals surface area contributed by atoms with E-state index in [2.05, 4.69) is 26.5 Å². The van der Waals surface area contributed by atoms with Crippen molar-refractivity contribution in [3.05, 3.63) is 70.5 Å². The third-order valence-corrected chi connectivity index (χ3v) is 4.95. The first-order chi connectivity index (χ1) is 15.3. The lowest BCUT2D eigenvalue weighted by Crippen LogP contribution is -2.50. The van der Waals surface area contributed by atoms with E-state index >= 15 is 0 Å². The number of rotatable bonds is 3. The van der Waals surface area contributed by atoms with Crippen molar-refractivity contribution in [2.45, 2.75) is 58.0 Å². The number of alkyl halides is 3. The van der Waals surface area contributed by atoms with Crippen LogP contribution in [0, 0.1) is 12.7 Å². The fourth-order valence-corrected chi connectivity index (χ4v) is 3.32. The van der Waals surface area contributed by atoms with Gasteiger partial charge in [0.15, 0.2) is 5.96 Å². The molecular formula is C23H27F4N5O. The maximum absolute atomic E-state index is 13.6. The summed E-state index contributed by atoms with van der Waals surface area (Å²) in [6.07, 6.45) is -4.34. The van der Waals surface area contributed by atoms with Crippen molar-refractivity contribution in [2.75, 3.05) is 0 Å². The van der Waals surface area contributed by atoms with E-state index < -0.39 is 29.4 Å². The van der Waals surface area contributed by atoms with Gasteiger partial charge >= 0.3 is 6.18 Å². The number of carbonyl (C=O) groups excluding carboxylic acids is 1. The summed E-state index contributed by atoms with van der Waals surface area (Å²) in [7, 11) is 0. The summed E-state index contributed by atoms with van der Waals surface area (Å²) in [5.41, 5.74) is 6.41. The number of aliphatic imine (C=N–C) groups is 1. The van der Waals surface area contributed by atoms with Gasteiger partial charge in [0.25, 0.3) is 5.91 Å². The minimum Gasteiger partial charge on any atom is -0.351 e. The van der Waals surface area contributed by atoms with Crippen LogP contribution in [0.4, 0.5) is 17.6 Å². The summed E-state index contributed by atoms with van der Waals surface area (Å²) in [4.78, 5) is 17.2. The molecule has 0 aliphatic carbocycles. The molecule has 10 heteroatoms. The van der Waals surface area contributed by atoms with Gasteiger partial charge in [-0.25, -0.2) is 20.2 Å². The van der Waals surface area contributed by atoms with Crippen LogP contribution in [0.3, 0.4) is 0 Å². The summed E-state index contributed by atoms with van der Waals surface area (Å²) in [5.74, 6) is -0.680. The fourth-order valence-electron chi connectivity index (χ4n) is 3.32. The average Bonchev–Trinajstić information content (AvgIpc) is 3.16. The van der Waals surface area contributed by atoms with Crippen molar-refractivity contribution in [2.24, 2.45) is 4.99 Å². The molecule has 2 unspecified atom stereocenters. The number of nitrogens with zero attached hydrogens (tertiary/aromatic N) is 1. The number of benzene rings is 2. The quantitative estimate of drug-likeness (QED) is 0.312. The second-order valence-electron chi connectivity index (χ2n) is 8.98. The standard InChI is InChI=1S/C23H27F4N5O/c1-13-11-15(7-10-17(13)24)18-12-19(32-31-18)28-21(30-22(2,3)4)29-20(33)14-5-8-16(9-6-14)23(25,26)27/h5-11,18-19,31-32H,12H2,1-4H3,(H2,28,29,30,33). The molecule has 0 radical (unpaired) electrons. The lowest BCUT2D eigenvalue weighted by atomic mass is 10.0. The van der Waals surface area contributed by atoms with Gasteiger partial charge in [-0.05, 0) is 69.2 Å². The van der Waals surface area contributed by atoms with Crippen LogP contribution in [-0.2, 0) is 6.18 Å². The second-order valence-corrected chi connectivity index (χ2v) is 8.98. The summed E-state index contributed by atoms with van der Waals surface area (Å²) in [5, 5.41) is 5.76. The van der Waals surface area contributed by atoms with E-state index in [1.807, 2.05) is 20.8 Å².